The fourth-order valence-electron chi connectivity index (χ4n) is 4.10. The van der Waals surface area contributed by atoms with Gasteiger partial charge in [-0.2, -0.15) is 18.2 Å². The van der Waals surface area contributed by atoms with Crippen LogP contribution in [0.15, 0.2) is 64.4 Å². The fraction of sp³-hybridized carbons (Fsp3) is 0.240. The maximum Gasteiger partial charge on any atom is 0.411 e. The predicted molar refractivity (Wildman–Crippen MR) is 143 cm³/mol. The normalized spacial score (nSPS) is 15.1. The molecule has 5 rings (SSSR count). The molecular weight excluding hydrogens is 588 g/mol. The Balaban J connectivity index is 1.53. The molecule has 1 fully saturated rings. The third-order valence-electron chi connectivity index (χ3n) is 6.52. The Hall–Kier alpha value is -3.89. The average molecular weight is 611 g/mol. The summed E-state index contributed by atoms with van der Waals surface area (Å²) >= 11 is 0. The molecule has 0 atom stereocenters. The van der Waals surface area contributed by atoms with E-state index in [2.05, 4.69) is 25.6 Å². The summed E-state index contributed by atoms with van der Waals surface area (Å²) in [5.41, 5.74) is -1.00. The third kappa shape index (κ3) is 5.94. The molecule has 4 aromatic rings. The lowest BCUT2D eigenvalue weighted by Gasteiger charge is -2.22. The van der Waals surface area contributed by atoms with E-state index in [0.717, 1.165) is 18.4 Å². The fourth-order valence-corrected chi connectivity index (χ4v) is 5.38. The van der Waals surface area contributed by atoms with Gasteiger partial charge >= 0.3 is 6.18 Å². The first-order valence-corrected chi connectivity index (χ1v) is 15.4. The van der Waals surface area contributed by atoms with Gasteiger partial charge in [-0.1, -0.05) is 12.1 Å². The van der Waals surface area contributed by atoms with Crippen LogP contribution in [0.2, 0.25) is 0 Å². The summed E-state index contributed by atoms with van der Waals surface area (Å²) in [5, 5.41) is 10.5. The number of nitrogens with two attached hydrogens (primary N) is 1. The minimum atomic E-state index is -4.57. The molecule has 216 valence electrons. The van der Waals surface area contributed by atoms with Crippen LogP contribution in [0, 0.1) is 5.82 Å². The van der Waals surface area contributed by atoms with Crippen molar-refractivity contribution in [2.45, 2.75) is 40.9 Å². The lowest BCUT2D eigenvalue weighted by Crippen LogP contribution is -2.39. The highest BCUT2D eigenvalue weighted by atomic mass is 32.2. The van der Waals surface area contributed by atoms with Crippen LogP contribution in [0.1, 0.15) is 18.4 Å². The lowest BCUT2D eigenvalue weighted by atomic mass is 10.1. The number of aromatic nitrogens is 3. The van der Waals surface area contributed by atoms with Crippen molar-refractivity contribution >= 4 is 42.7 Å². The molecule has 2 heterocycles. The Morgan fingerprint density at radius 1 is 0.951 bits per heavy atom. The molecule has 16 heteroatoms. The van der Waals surface area contributed by atoms with Gasteiger partial charge in [-0.05, 0) is 60.9 Å². The van der Waals surface area contributed by atoms with Gasteiger partial charge in [-0.15, -0.1) is 0 Å². The van der Waals surface area contributed by atoms with Crippen molar-refractivity contribution in [2.75, 3.05) is 16.9 Å². The quantitative estimate of drug-likeness (QED) is 0.251. The van der Waals surface area contributed by atoms with Crippen LogP contribution in [0.25, 0.3) is 22.3 Å². The van der Waals surface area contributed by atoms with Gasteiger partial charge in [0.25, 0.3) is 0 Å². The highest BCUT2D eigenvalue weighted by Crippen LogP contribution is 2.51. The zero-order chi connectivity index (χ0) is 29.8. The second-order valence-electron chi connectivity index (χ2n) is 9.62. The molecule has 0 unspecified atom stereocenters. The van der Waals surface area contributed by atoms with Gasteiger partial charge in [0.15, 0.2) is 15.7 Å². The molecule has 0 radical (unpaired) electrons. The van der Waals surface area contributed by atoms with Gasteiger partial charge in [0.2, 0.25) is 16.0 Å². The first-order valence-electron chi connectivity index (χ1n) is 12.0. The number of rotatable bonds is 8. The predicted octanol–water partition coefficient (Wildman–Crippen LogP) is 4.00. The molecular formula is C25H22F4N6O4S2. The van der Waals surface area contributed by atoms with Crippen LogP contribution in [0.3, 0.4) is 0 Å². The number of pyridine rings is 1. The van der Waals surface area contributed by atoms with E-state index in [0.29, 0.717) is 5.56 Å². The number of sulfonamides is 1. The summed E-state index contributed by atoms with van der Waals surface area (Å²) in [6.45, 7) is 0.107. The standard InChI is InChI=1S/C25H22F4N6O4S2/c1-40(36,37)20-12-15(4-7-17(20)26)18-8-9-19-21(32-18)22(35-24(10-11-24)25(27,28)29)34-23(33-19)31-13-14-2-5-16(6-3-14)41(30,38)39/h2-9,12H,10-11,13H2,1H3,(H2,30,38,39)(H2,31,33,34,35). The van der Waals surface area contributed by atoms with E-state index >= 15 is 0 Å². The molecule has 41 heavy (non-hydrogen) atoms. The van der Waals surface area contributed by atoms with E-state index in [4.69, 9.17) is 5.14 Å². The zero-order valence-electron chi connectivity index (χ0n) is 21.2. The number of anilines is 2. The molecule has 10 nitrogen and oxygen atoms in total. The number of nitrogens with zero attached hydrogens (tertiary/aromatic N) is 3. The SMILES string of the molecule is CS(=O)(=O)c1cc(-c2ccc3nc(NCc4ccc(S(N)(=O)=O)cc4)nc(NC4(C(F)(F)F)CC4)c3n2)ccc1F. The number of alkyl halides is 3. The number of halogens is 4. The smallest absolute Gasteiger partial charge is 0.354 e. The van der Waals surface area contributed by atoms with Crippen molar-refractivity contribution in [3.8, 4) is 11.3 Å². The molecule has 2 aromatic carbocycles. The Morgan fingerprint density at radius 3 is 2.22 bits per heavy atom. The summed E-state index contributed by atoms with van der Waals surface area (Å²) in [4.78, 5) is 12.4. The summed E-state index contributed by atoms with van der Waals surface area (Å²) in [6.07, 6.45) is -4.05. The Labute approximate surface area is 232 Å². The molecule has 0 aliphatic heterocycles. The van der Waals surface area contributed by atoms with Crippen LogP contribution in [0.5, 0.6) is 0 Å². The monoisotopic (exact) mass is 610 g/mol. The van der Waals surface area contributed by atoms with E-state index < -0.39 is 42.3 Å². The molecule has 0 saturated heterocycles. The first kappa shape index (κ1) is 28.6. The number of hydrogen-bond donors (Lipinski definition) is 3. The van der Waals surface area contributed by atoms with E-state index in [1.54, 1.807) is 0 Å². The highest BCUT2D eigenvalue weighted by Gasteiger charge is 2.64. The molecule has 4 N–H and O–H groups in total. The molecule has 1 saturated carbocycles. The Morgan fingerprint density at radius 2 is 1.63 bits per heavy atom. The van der Waals surface area contributed by atoms with Crippen molar-refractivity contribution in [3.63, 3.8) is 0 Å². The topological polar surface area (TPSA) is 157 Å². The molecule has 0 spiro atoms. The van der Waals surface area contributed by atoms with E-state index in [9.17, 15) is 34.4 Å². The molecule has 0 bridgehead atoms. The van der Waals surface area contributed by atoms with Gasteiger partial charge < -0.3 is 10.6 Å². The van der Waals surface area contributed by atoms with Crippen LogP contribution in [-0.2, 0) is 26.4 Å². The maximum atomic E-state index is 14.1. The van der Waals surface area contributed by atoms with Crippen molar-refractivity contribution < 1.29 is 34.4 Å². The number of hydrogen-bond acceptors (Lipinski definition) is 9. The van der Waals surface area contributed by atoms with Gasteiger partial charge in [0.1, 0.15) is 21.8 Å². The summed E-state index contributed by atoms with van der Waals surface area (Å²) in [7, 11) is -7.78. The second kappa shape index (κ2) is 9.88. The minimum absolute atomic E-state index is 0.00805. The van der Waals surface area contributed by atoms with Crippen LogP contribution in [-0.4, -0.2) is 49.8 Å². The molecule has 0 amide bonds. The molecule has 2 aromatic heterocycles. The number of sulfone groups is 1. The van der Waals surface area contributed by atoms with E-state index in [-0.39, 0.29) is 58.3 Å². The second-order valence-corrected chi connectivity index (χ2v) is 13.2. The van der Waals surface area contributed by atoms with Crippen LogP contribution in [0.4, 0.5) is 29.3 Å². The van der Waals surface area contributed by atoms with Gasteiger partial charge in [-0.3, -0.25) is 0 Å². The van der Waals surface area contributed by atoms with Crippen LogP contribution < -0.4 is 15.8 Å². The minimum Gasteiger partial charge on any atom is -0.354 e. The number of primary sulfonamides is 1. The number of benzene rings is 2. The van der Waals surface area contributed by atoms with Crippen molar-refractivity contribution in [1.29, 1.82) is 0 Å². The third-order valence-corrected chi connectivity index (χ3v) is 8.56. The van der Waals surface area contributed by atoms with E-state index in [1.165, 1.54) is 42.5 Å². The summed E-state index contributed by atoms with van der Waals surface area (Å²) < 4.78 is 103. The summed E-state index contributed by atoms with van der Waals surface area (Å²) in [6, 6.07) is 12.0. The van der Waals surface area contributed by atoms with Gasteiger partial charge in [0, 0.05) is 18.4 Å². The van der Waals surface area contributed by atoms with Crippen molar-refractivity contribution in [1.82, 2.24) is 15.0 Å². The number of fused-ring (bicyclic) bond motifs is 1. The largest absolute Gasteiger partial charge is 0.411 e. The van der Waals surface area contributed by atoms with Crippen molar-refractivity contribution in [2.24, 2.45) is 5.14 Å². The first-order chi connectivity index (χ1) is 19.1. The van der Waals surface area contributed by atoms with Gasteiger partial charge in [0.05, 0.1) is 16.1 Å². The molecule has 1 aliphatic carbocycles. The summed E-state index contributed by atoms with van der Waals surface area (Å²) in [5.74, 6) is -1.17. The van der Waals surface area contributed by atoms with Gasteiger partial charge in [-0.25, -0.2) is 36.3 Å². The number of nitrogens with one attached hydrogen (secondary N) is 2. The molecule has 1 aliphatic rings. The Bertz CT molecular complexity index is 1880. The maximum absolute atomic E-state index is 14.1. The average Bonchev–Trinajstić information content (AvgIpc) is 3.68. The van der Waals surface area contributed by atoms with E-state index in [1.807, 2.05) is 0 Å². The lowest BCUT2D eigenvalue weighted by molar-refractivity contribution is -0.151. The highest BCUT2D eigenvalue weighted by molar-refractivity contribution is 7.90. The Kier molecular flexibility index (Phi) is 6.90. The van der Waals surface area contributed by atoms with Crippen molar-refractivity contribution in [3.05, 3.63) is 66.0 Å². The zero-order valence-corrected chi connectivity index (χ0v) is 22.8. The van der Waals surface area contributed by atoms with Crippen LogP contribution >= 0.6 is 0 Å².